The normalized spacial score (nSPS) is 13.4. The molecule has 0 aliphatic carbocycles. The van der Waals surface area contributed by atoms with Crippen LogP contribution in [0, 0.1) is 0 Å². The van der Waals surface area contributed by atoms with E-state index in [0.717, 1.165) is 0 Å². The minimum atomic E-state index is -1.18. The van der Waals surface area contributed by atoms with Crippen LogP contribution >= 0.6 is 22.2 Å². The number of allylic oxidation sites excluding steroid dienone is 1. The van der Waals surface area contributed by atoms with Gasteiger partial charge in [0.05, 0.1) is 8.80 Å². The molecule has 0 aliphatic rings. The Morgan fingerprint density at radius 3 is 1.89 bits per heavy atom. The second-order valence-corrected chi connectivity index (χ2v) is 8.77. The molecular formula is C5H10Cl2Si2. The van der Waals surface area contributed by atoms with E-state index in [0.29, 0.717) is 0 Å². The lowest BCUT2D eigenvalue weighted by Gasteiger charge is -1.98. The van der Waals surface area contributed by atoms with Crippen molar-refractivity contribution in [3.05, 3.63) is 10.9 Å². The minimum absolute atomic E-state index is 0.284. The molecule has 0 aromatic rings. The summed E-state index contributed by atoms with van der Waals surface area (Å²) in [6, 6.07) is 0. The highest BCUT2D eigenvalue weighted by molar-refractivity contribution is 7.37. The molecule has 0 aromatic heterocycles. The maximum Gasteiger partial charge on any atom is 0.302 e. The fourth-order valence-electron chi connectivity index (χ4n) is 0.488. The third-order valence-corrected chi connectivity index (χ3v) is 4.63. The molecule has 0 rings (SSSR count). The van der Waals surface area contributed by atoms with E-state index in [1.54, 1.807) is 0 Å². The Balaban J connectivity index is 3.84. The Bertz CT molecular complexity index is 110. The molecular weight excluding hydrogens is 187 g/mol. The lowest BCUT2D eigenvalue weighted by molar-refractivity contribution is 1.67. The molecule has 0 aromatic carbocycles. The van der Waals surface area contributed by atoms with E-state index in [9.17, 15) is 0 Å². The zero-order chi connectivity index (χ0) is 7.44. The van der Waals surface area contributed by atoms with E-state index in [2.05, 4.69) is 18.8 Å². The highest BCUT2D eigenvalue weighted by Crippen LogP contribution is 2.08. The van der Waals surface area contributed by atoms with Crippen LogP contribution < -0.4 is 0 Å². The van der Waals surface area contributed by atoms with Gasteiger partial charge in [0.25, 0.3) is 0 Å². The molecule has 0 atom stereocenters. The summed E-state index contributed by atoms with van der Waals surface area (Å²) in [6.07, 6.45) is 0. The van der Waals surface area contributed by atoms with Crippen LogP contribution in [0.15, 0.2) is 10.9 Å². The first-order valence-electron chi connectivity index (χ1n) is 2.71. The number of hydrogen-bond acceptors (Lipinski definition) is 0. The van der Waals surface area contributed by atoms with Crippen LogP contribution in [-0.4, -0.2) is 16.2 Å². The maximum absolute atomic E-state index is 5.69. The van der Waals surface area contributed by atoms with E-state index >= 15 is 0 Å². The summed E-state index contributed by atoms with van der Waals surface area (Å²) in [5.74, 6) is 0. The van der Waals surface area contributed by atoms with Crippen LogP contribution in [0.1, 0.15) is 6.92 Å². The first kappa shape index (κ1) is 9.75. The Morgan fingerprint density at radius 2 is 1.78 bits per heavy atom. The van der Waals surface area contributed by atoms with Crippen molar-refractivity contribution in [2.45, 2.75) is 20.0 Å². The summed E-state index contributed by atoms with van der Waals surface area (Å²) in [7, 11) is -1.46. The molecule has 0 N–H and O–H groups in total. The zero-order valence-electron chi connectivity index (χ0n) is 5.83. The average Bonchev–Trinajstić information content (AvgIpc) is 1.63. The molecule has 0 nitrogen and oxygen atoms in total. The van der Waals surface area contributed by atoms with Gasteiger partial charge in [-0.25, -0.2) is 0 Å². The molecule has 2 radical (unpaired) electrons. The van der Waals surface area contributed by atoms with Gasteiger partial charge in [0, 0.05) is 0 Å². The van der Waals surface area contributed by atoms with Gasteiger partial charge < -0.3 is 0 Å². The first-order chi connectivity index (χ1) is 4.04. The molecule has 0 saturated heterocycles. The van der Waals surface area contributed by atoms with Crippen molar-refractivity contribution in [2.75, 3.05) is 0 Å². The summed E-state index contributed by atoms with van der Waals surface area (Å²) in [5.41, 5.74) is 2.21. The maximum atomic E-state index is 5.69. The van der Waals surface area contributed by atoms with Gasteiger partial charge in [0.1, 0.15) is 0 Å². The van der Waals surface area contributed by atoms with Crippen LogP contribution in [0.5, 0.6) is 0 Å². The van der Waals surface area contributed by atoms with Crippen molar-refractivity contribution in [3.8, 4) is 0 Å². The average molecular weight is 197 g/mol. The summed E-state index contributed by atoms with van der Waals surface area (Å²) in [6.45, 7) is 6.44. The Hall–Kier alpha value is 0.754. The molecule has 0 unspecified atom stereocenters. The summed E-state index contributed by atoms with van der Waals surface area (Å²) >= 11 is 11.4. The molecule has 9 heavy (non-hydrogen) atoms. The van der Waals surface area contributed by atoms with Crippen molar-refractivity contribution in [3.63, 3.8) is 0 Å². The third kappa shape index (κ3) is 5.21. The quantitative estimate of drug-likeness (QED) is 0.471. The SMILES string of the molecule is CC(=C[Si](C)C)[Si](Cl)Cl. The Morgan fingerprint density at radius 1 is 1.33 bits per heavy atom. The zero-order valence-corrected chi connectivity index (χ0v) is 9.35. The highest BCUT2D eigenvalue weighted by atomic mass is 35.7. The predicted molar refractivity (Wildman–Crippen MR) is 48.7 cm³/mol. The van der Waals surface area contributed by atoms with Gasteiger partial charge in [-0.1, -0.05) is 24.0 Å². The van der Waals surface area contributed by atoms with E-state index < -0.39 is 7.42 Å². The fraction of sp³-hybridized carbons (Fsp3) is 0.600. The molecule has 0 heterocycles. The van der Waals surface area contributed by atoms with Crippen molar-refractivity contribution in [1.82, 2.24) is 0 Å². The van der Waals surface area contributed by atoms with Crippen molar-refractivity contribution in [2.24, 2.45) is 0 Å². The summed E-state index contributed by atoms with van der Waals surface area (Å²) < 4.78 is 0. The van der Waals surface area contributed by atoms with Crippen molar-refractivity contribution >= 4 is 38.4 Å². The van der Waals surface area contributed by atoms with Crippen LogP contribution in [0.2, 0.25) is 13.1 Å². The van der Waals surface area contributed by atoms with Crippen molar-refractivity contribution in [1.29, 1.82) is 0 Å². The van der Waals surface area contributed by atoms with Gasteiger partial charge in [-0.15, -0.1) is 22.2 Å². The van der Waals surface area contributed by atoms with Crippen LogP contribution in [0.25, 0.3) is 0 Å². The van der Waals surface area contributed by atoms with Gasteiger partial charge in [0.15, 0.2) is 0 Å². The van der Waals surface area contributed by atoms with Gasteiger partial charge in [-0.3, -0.25) is 0 Å². The molecule has 0 amide bonds. The molecule has 0 bridgehead atoms. The fourth-order valence-corrected chi connectivity index (χ4v) is 3.64. The van der Waals surface area contributed by atoms with Crippen molar-refractivity contribution < 1.29 is 0 Å². The molecule has 52 valence electrons. The summed E-state index contributed by atoms with van der Waals surface area (Å²) in [5, 5.41) is 1.18. The monoisotopic (exact) mass is 196 g/mol. The van der Waals surface area contributed by atoms with E-state index in [4.69, 9.17) is 22.2 Å². The lowest BCUT2D eigenvalue weighted by Crippen LogP contribution is -2.02. The van der Waals surface area contributed by atoms with Gasteiger partial charge in [-0.2, -0.15) is 0 Å². The molecule has 4 heteroatoms. The van der Waals surface area contributed by atoms with Crippen LogP contribution in [0.3, 0.4) is 0 Å². The second kappa shape index (κ2) is 4.55. The van der Waals surface area contributed by atoms with E-state index in [-0.39, 0.29) is 8.80 Å². The van der Waals surface area contributed by atoms with Gasteiger partial charge in [-0.05, 0) is 6.92 Å². The van der Waals surface area contributed by atoms with Gasteiger partial charge >= 0.3 is 7.42 Å². The molecule has 0 aliphatic heterocycles. The Labute approximate surface area is 69.5 Å². The standard InChI is InChI=1S/C5H10Cl2Si2/c1-5(9(6)7)4-8(2)3/h4H,1-3H3. The second-order valence-electron chi connectivity index (χ2n) is 2.17. The minimum Gasteiger partial charge on any atom is -0.141 e. The largest absolute Gasteiger partial charge is 0.302 e. The highest BCUT2D eigenvalue weighted by Gasteiger charge is 2.05. The number of halogens is 2. The molecule has 0 fully saturated rings. The molecule has 0 spiro atoms. The predicted octanol–water partition coefficient (Wildman–Crippen LogP) is 2.73. The lowest BCUT2D eigenvalue weighted by atomic mass is 10.7. The third-order valence-electron chi connectivity index (χ3n) is 0.803. The van der Waals surface area contributed by atoms with Crippen LogP contribution in [-0.2, 0) is 0 Å². The summed E-state index contributed by atoms with van der Waals surface area (Å²) in [4.78, 5) is 0. The number of rotatable bonds is 2. The Kier molecular flexibility index (Phi) is 4.93. The van der Waals surface area contributed by atoms with Gasteiger partial charge in [0.2, 0.25) is 0 Å². The number of hydrogen-bond donors (Lipinski definition) is 0. The smallest absolute Gasteiger partial charge is 0.141 e. The van der Waals surface area contributed by atoms with E-state index in [1.807, 2.05) is 6.92 Å². The van der Waals surface area contributed by atoms with Crippen LogP contribution in [0.4, 0.5) is 0 Å². The first-order valence-corrected chi connectivity index (χ1v) is 8.81. The van der Waals surface area contributed by atoms with E-state index in [1.165, 1.54) is 5.20 Å². The topological polar surface area (TPSA) is 0 Å². The molecule has 0 saturated carbocycles.